The Morgan fingerprint density at radius 1 is 1.08 bits per heavy atom. The van der Waals surface area contributed by atoms with Gasteiger partial charge in [-0.25, -0.2) is 17.9 Å². The van der Waals surface area contributed by atoms with Crippen molar-refractivity contribution in [2.24, 2.45) is 0 Å². The fraction of sp³-hybridized carbons (Fsp3) is 0.111. The zero-order valence-corrected chi connectivity index (χ0v) is 14.8. The molecule has 26 heavy (non-hydrogen) atoms. The lowest BCUT2D eigenvalue weighted by Crippen LogP contribution is -2.12. The predicted octanol–water partition coefficient (Wildman–Crippen LogP) is 2.85. The van der Waals surface area contributed by atoms with E-state index in [1.54, 1.807) is 61.7 Å². The molecule has 134 valence electrons. The molecule has 1 heterocycles. The number of ether oxygens (including phenoxy) is 1. The first-order valence-electron chi connectivity index (χ1n) is 7.91. The molecule has 0 aliphatic carbocycles. The fourth-order valence-corrected chi connectivity index (χ4v) is 3.36. The Kier molecular flexibility index (Phi) is 5.04. The van der Waals surface area contributed by atoms with Crippen molar-refractivity contribution in [3.63, 3.8) is 0 Å². The van der Waals surface area contributed by atoms with E-state index in [0.29, 0.717) is 11.4 Å². The van der Waals surface area contributed by atoms with Crippen molar-refractivity contribution in [2.45, 2.75) is 11.8 Å². The second kappa shape index (κ2) is 7.40. The monoisotopic (exact) mass is 371 g/mol. The highest BCUT2D eigenvalue weighted by atomic mass is 32.2. The predicted molar refractivity (Wildman–Crippen MR) is 96.8 cm³/mol. The summed E-state index contributed by atoms with van der Waals surface area (Å²) in [5.41, 5.74) is 1.32. The summed E-state index contributed by atoms with van der Waals surface area (Å²) >= 11 is 0. The Labute approximate surface area is 151 Å². The van der Waals surface area contributed by atoms with Gasteiger partial charge in [-0.3, -0.25) is 4.72 Å². The molecule has 3 rings (SSSR count). The van der Waals surface area contributed by atoms with E-state index in [2.05, 4.69) is 9.82 Å². The van der Waals surface area contributed by atoms with Gasteiger partial charge in [0.2, 0.25) is 0 Å². The molecule has 0 amide bonds. The molecule has 1 aromatic heterocycles. The van der Waals surface area contributed by atoms with Crippen LogP contribution in [0.4, 0.5) is 5.69 Å². The van der Waals surface area contributed by atoms with Crippen LogP contribution in [0, 0.1) is 0 Å². The van der Waals surface area contributed by atoms with Gasteiger partial charge in [0.25, 0.3) is 10.0 Å². The molecular weight excluding hydrogens is 354 g/mol. The van der Waals surface area contributed by atoms with Crippen LogP contribution in [0.15, 0.2) is 71.8 Å². The average Bonchev–Trinajstić information content (AvgIpc) is 3.13. The lowest BCUT2D eigenvalue weighted by atomic mass is 10.3. The first kappa shape index (κ1) is 17.7. The summed E-state index contributed by atoms with van der Waals surface area (Å²) in [6.07, 6.45) is 1.63. The molecule has 0 saturated carbocycles. The van der Waals surface area contributed by atoms with Crippen LogP contribution in [0.3, 0.4) is 0 Å². The number of sulfonamides is 1. The highest BCUT2D eigenvalue weighted by Gasteiger charge is 2.14. The van der Waals surface area contributed by atoms with Crippen LogP contribution >= 0.6 is 0 Å². The number of nitrogens with zero attached hydrogens (tertiary/aromatic N) is 2. The van der Waals surface area contributed by atoms with Gasteiger partial charge in [-0.2, -0.15) is 5.10 Å². The molecule has 8 heteroatoms. The smallest absolute Gasteiger partial charge is 0.358 e. The second-order valence-electron chi connectivity index (χ2n) is 5.33. The Balaban J connectivity index is 1.76. The Hall–Kier alpha value is -3.13. The third kappa shape index (κ3) is 3.92. The Morgan fingerprint density at radius 2 is 1.77 bits per heavy atom. The number of esters is 1. The molecule has 0 unspecified atom stereocenters. The van der Waals surface area contributed by atoms with Crippen LogP contribution in [0.2, 0.25) is 0 Å². The maximum Gasteiger partial charge on any atom is 0.358 e. The molecule has 0 atom stereocenters. The normalized spacial score (nSPS) is 11.1. The number of anilines is 1. The molecule has 0 saturated heterocycles. The van der Waals surface area contributed by atoms with Gasteiger partial charge in [-0.1, -0.05) is 18.2 Å². The van der Waals surface area contributed by atoms with Crippen LogP contribution in [-0.2, 0) is 14.8 Å². The van der Waals surface area contributed by atoms with Crippen molar-refractivity contribution in [3.05, 3.63) is 72.6 Å². The van der Waals surface area contributed by atoms with Crippen molar-refractivity contribution < 1.29 is 17.9 Å². The zero-order chi connectivity index (χ0) is 18.6. The van der Waals surface area contributed by atoms with E-state index in [4.69, 9.17) is 4.74 Å². The molecule has 3 aromatic rings. The fourth-order valence-electron chi connectivity index (χ4n) is 2.28. The second-order valence-corrected chi connectivity index (χ2v) is 7.01. The minimum Gasteiger partial charge on any atom is -0.461 e. The summed E-state index contributed by atoms with van der Waals surface area (Å²) in [5, 5.41) is 4.15. The number of aromatic nitrogens is 2. The SMILES string of the molecule is CCOC(=O)c1ccn(-c2ccc(NS(=O)(=O)c3ccccc3)cc2)n1. The molecule has 0 fully saturated rings. The minimum atomic E-state index is -3.64. The summed E-state index contributed by atoms with van der Waals surface area (Å²) in [7, 11) is -3.64. The van der Waals surface area contributed by atoms with Crippen LogP contribution in [-0.4, -0.2) is 30.8 Å². The molecule has 0 aliphatic heterocycles. The highest BCUT2D eigenvalue weighted by molar-refractivity contribution is 7.92. The van der Waals surface area contributed by atoms with Gasteiger partial charge in [-0.15, -0.1) is 0 Å². The maximum atomic E-state index is 12.3. The summed E-state index contributed by atoms with van der Waals surface area (Å²) in [6, 6.07) is 16.3. The number of carbonyl (C=O) groups is 1. The molecule has 1 N–H and O–H groups in total. The van der Waals surface area contributed by atoms with Crippen LogP contribution < -0.4 is 4.72 Å². The van der Waals surface area contributed by atoms with E-state index in [9.17, 15) is 13.2 Å². The van der Waals surface area contributed by atoms with Gasteiger partial charge in [0.15, 0.2) is 5.69 Å². The van der Waals surface area contributed by atoms with Crippen molar-refractivity contribution in [3.8, 4) is 5.69 Å². The van der Waals surface area contributed by atoms with Crippen molar-refractivity contribution in [1.82, 2.24) is 9.78 Å². The van der Waals surface area contributed by atoms with E-state index >= 15 is 0 Å². The summed E-state index contributed by atoms with van der Waals surface area (Å²) in [5.74, 6) is -0.488. The maximum absolute atomic E-state index is 12.3. The molecule has 7 nitrogen and oxygen atoms in total. The largest absolute Gasteiger partial charge is 0.461 e. The van der Waals surface area contributed by atoms with Crippen LogP contribution in [0.1, 0.15) is 17.4 Å². The van der Waals surface area contributed by atoms with Crippen LogP contribution in [0.5, 0.6) is 0 Å². The number of carbonyl (C=O) groups excluding carboxylic acids is 1. The van der Waals surface area contributed by atoms with Gasteiger partial charge in [0.05, 0.1) is 17.2 Å². The number of benzene rings is 2. The van der Waals surface area contributed by atoms with E-state index in [1.165, 1.54) is 16.8 Å². The number of hydrogen-bond donors (Lipinski definition) is 1. The lowest BCUT2D eigenvalue weighted by Gasteiger charge is -2.09. The summed E-state index contributed by atoms with van der Waals surface area (Å²) in [4.78, 5) is 11.9. The topological polar surface area (TPSA) is 90.3 Å². The standard InChI is InChI=1S/C18H17N3O4S/c1-2-25-18(22)17-12-13-21(19-17)15-10-8-14(9-11-15)20-26(23,24)16-6-4-3-5-7-16/h3-13,20H,2H2,1H3. The van der Waals surface area contributed by atoms with Crippen molar-refractivity contribution >= 4 is 21.7 Å². The first-order chi connectivity index (χ1) is 12.5. The minimum absolute atomic E-state index is 0.190. The molecule has 2 aromatic carbocycles. The molecule has 0 bridgehead atoms. The average molecular weight is 371 g/mol. The number of nitrogens with one attached hydrogen (secondary N) is 1. The zero-order valence-electron chi connectivity index (χ0n) is 14.0. The van der Waals surface area contributed by atoms with E-state index in [1.807, 2.05) is 0 Å². The van der Waals surface area contributed by atoms with Crippen LogP contribution in [0.25, 0.3) is 5.69 Å². The summed E-state index contributed by atoms with van der Waals surface area (Å²) < 4.78 is 33.6. The van der Waals surface area contributed by atoms with E-state index < -0.39 is 16.0 Å². The lowest BCUT2D eigenvalue weighted by molar-refractivity contribution is 0.0519. The first-order valence-corrected chi connectivity index (χ1v) is 9.39. The number of hydrogen-bond acceptors (Lipinski definition) is 5. The van der Waals surface area contributed by atoms with Gasteiger partial charge in [0, 0.05) is 11.9 Å². The molecular formula is C18H17N3O4S. The summed E-state index contributed by atoms with van der Waals surface area (Å²) in [6.45, 7) is 2.01. The van der Waals surface area contributed by atoms with E-state index in [0.717, 1.165) is 0 Å². The number of rotatable bonds is 6. The third-order valence-electron chi connectivity index (χ3n) is 3.51. The van der Waals surface area contributed by atoms with E-state index in [-0.39, 0.29) is 17.2 Å². The quantitative estimate of drug-likeness (QED) is 0.673. The van der Waals surface area contributed by atoms with Gasteiger partial charge < -0.3 is 4.74 Å². The Morgan fingerprint density at radius 3 is 2.42 bits per heavy atom. The van der Waals surface area contributed by atoms with Gasteiger partial charge in [0.1, 0.15) is 0 Å². The Bertz CT molecular complexity index is 996. The highest BCUT2D eigenvalue weighted by Crippen LogP contribution is 2.18. The molecule has 0 spiro atoms. The third-order valence-corrected chi connectivity index (χ3v) is 4.91. The van der Waals surface area contributed by atoms with Gasteiger partial charge >= 0.3 is 5.97 Å². The molecule has 0 radical (unpaired) electrons. The molecule has 0 aliphatic rings. The van der Waals surface area contributed by atoms with Crippen molar-refractivity contribution in [1.29, 1.82) is 0 Å². The van der Waals surface area contributed by atoms with Gasteiger partial charge in [-0.05, 0) is 49.4 Å². The van der Waals surface area contributed by atoms with Crippen molar-refractivity contribution in [2.75, 3.05) is 11.3 Å².